The van der Waals surface area contributed by atoms with Crippen LogP contribution in [0.1, 0.15) is 22.3 Å². The average molecular weight is 284 g/mol. The van der Waals surface area contributed by atoms with Crippen LogP contribution in [0, 0.1) is 0 Å². The first-order valence-corrected chi connectivity index (χ1v) is 7.95. The van der Waals surface area contributed by atoms with Crippen LogP contribution in [0.15, 0.2) is 48.7 Å². The van der Waals surface area contributed by atoms with E-state index >= 15 is 0 Å². The second-order valence-electron chi connectivity index (χ2n) is 6.17. The molecule has 2 heterocycles. The number of aryl methyl sites for hydroxylation is 4. The molecule has 0 radical (unpaired) electrons. The number of rotatable bonds is 0. The van der Waals surface area contributed by atoms with Gasteiger partial charge in [-0.1, -0.05) is 36.4 Å². The van der Waals surface area contributed by atoms with E-state index in [4.69, 9.17) is 4.98 Å². The second-order valence-corrected chi connectivity index (χ2v) is 6.17. The molecule has 0 spiro atoms. The highest BCUT2D eigenvalue weighted by Crippen LogP contribution is 2.37. The number of benzene rings is 1. The first kappa shape index (κ1) is 12.1. The Balaban J connectivity index is 1.78. The first-order chi connectivity index (χ1) is 10.9. The Morgan fingerprint density at radius 1 is 0.636 bits per heavy atom. The second kappa shape index (κ2) is 4.51. The average Bonchev–Trinajstić information content (AvgIpc) is 2.60. The molecule has 0 fully saturated rings. The lowest BCUT2D eigenvalue weighted by Crippen LogP contribution is -2.12. The fraction of sp³-hybridized carbons (Fsp3) is 0.200. The van der Waals surface area contributed by atoms with E-state index in [-0.39, 0.29) is 0 Å². The molecule has 0 bridgehead atoms. The number of hydrogen-bond donors (Lipinski definition) is 0. The topological polar surface area (TPSA) is 25.8 Å². The molecule has 2 aliphatic carbocycles. The van der Waals surface area contributed by atoms with E-state index in [1.807, 2.05) is 12.3 Å². The lowest BCUT2D eigenvalue weighted by Gasteiger charge is -2.24. The van der Waals surface area contributed by atoms with Crippen molar-refractivity contribution in [3.63, 3.8) is 0 Å². The molecule has 0 saturated heterocycles. The van der Waals surface area contributed by atoms with Gasteiger partial charge >= 0.3 is 0 Å². The highest BCUT2D eigenvalue weighted by Gasteiger charge is 2.24. The van der Waals surface area contributed by atoms with Crippen LogP contribution in [0.4, 0.5) is 0 Å². The summed E-state index contributed by atoms with van der Waals surface area (Å²) < 4.78 is 0. The molecule has 0 unspecified atom stereocenters. The van der Waals surface area contributed by atoms with Crippen LogP contribution in [0.25, 0.3) is 22.6 Å². The molecule has 2 heteroatoms. The van der Waals surface area contributed by atoms with Gasteiger partial charge in [-0.3, -0.25) is 4.98 Å². The van der Waals surface area contributed by atoms with Gasteiger partial charge in [0.15, 0.2) is 0 Å². The highest BCUT2D eigenvalue weighted by atomic mass is 14.8. The molecule has 106 valence electrons. The number of aromatic nitrogens is 2. The molecule has 0 atom stereocenters. The van der Waals surface area contributed by atoms with Gasteiger partial charge in [-0.05, 0) is 54.0 Å². The van der Waals surface area contributed by atoms with Crippen LogP contribution in [0.5, 0.6) is 0 Å². The quantitative estimate of drug-likeness (QED) is 0.623. The third-order valence-corrected chi connectivity index (χ3v) is 4.90. The van der Waals surface area contributed by atoms with Gasteiger partial charge in [0, 0.05) is 11.8 Å². The summed E-state index contributed by atoms with van der Waals surface area (Å²) in [5.74, 6) is 0. The largest absolute Gasteiger partial charge is 0.254 e. The smallest absolute Gasteiger partial charge is 0.0928 e. The summed E-state index contributed by atoms with van der Waals surface area (Å²) in [5.41, 5.74) is 10.1. The van der Waals surface area contributed by atoms with Crippen molar-refractivity contribution < 1.29 is 0 Å². The molecule has 0 amide bonds. The standard InChI is InChI=1S/C20H16N2/c1-2-6-17-13(4-1)7-9-15-12-16-10-8-14-5-3-11-21-19(14)20(16)22-18(15)17/h1-6,11-12H,7-10H2. The van der Waals surface area contributed by atoms with E-state index in [1.54, 1.807) is 0 Å². The van der Waals surface area contributed by atoms with Crippen molar-refractivity contribution >= 4 is 0 Å². The molecule has 0 saturated carbocycles. The Morgan fingerprint density at radius 3 is 2.32 bits per heavy atom. The van der Waals surface area contributed by atoms with Crippen LogP contribution in [-0.4, -0.2) is 9.97 Å². The summed E-state index contributed by atoms with van der Waals surface area (Å²) in [7, 11) is 0. The third kappa shape index (κ3) is 1.67. The zero-order chi connectivity index (χ0) is 14.5. The summed E-state index contributed by atoms with van der Waals surface area (Å²) in [5, 5.41) is 0. The Hall–Kier alpha value is -2.48. The summed E-state index contributed by atoms with van der Waals surface area (Å²) in [6.07, 6.45) is 6.26. The van der Waals surface area contributed by atoms with Crippen LogP contribution < -0.4 is 0 Å². The van der Waals surface area contributed by atoms with Gasteiger partial charge in [0.1, 0.15) is 0 Å². The molecule has 2 nitrogen and oxygen atoms in total. The van der Waals surface area contributed by atoms with Crippen molar-refractivity contribution in [1.82, 2.24) is 9.97 Å². The SMILES string of the molecule is c1ccc2c(c1)CCc1cc3c(nc1-2)-c1ncccc1CC3. The Kier molecular flexibility index (Phi) is 2.48. The third-order valence-electron chi connectivity index (χ3n) is 4.90. The van der Waals surface area contributed by atoms with E-state index in [0.29, 0.717) is 0 Å². The molecule has 5 rings (SSSR count). The van der Waals surface area contributed by atoms with Crippen molar-refractivity contribution in [2.45, 2.75) is 25.7 Å². The fourth-order valence-corrected chi connectivity index (χ4v) is 3.78. The number of fused-ring (bicyclic) bond motifs is 6. The van der Waals surface area contributed by atoms with Crippen LogP contribution in [0.3, 0.4) is 0 Å². The molecule has 22 heavy (non-hydrogen) atoms. The Bertz CT molecular complexity index is 825. The van der Waals surface area contributed by atoms with Gasteiger partial charge < -0.3 is 0 Å². The molecule has 0 N–H and O–H groups in total. The van der Waals surface area contributed by atoms with Crippen molar-refractivity contribution in [2.75, 3.05) is 0 Å². The van der Waals surface area contributed by atoms with E-state index in [9.17, 15) is 0 Å². The van der Waals surface area contributed by atoms with Crippen molar-refractivity contribution in [3.05, 3.63) is 70.9 Å². The highest BCUT2D eigenvalue weighted by molar-refractivity contribution is 5.75. The number of hydrogen-bond acceptors (Lipinski definition) is 2. The van der Waals surface area contributed by atoms with Crippen molar-refractivity contribution in [3.8, 4) is 22.6 Å². The zero-order valence-corrected chi connectivity index (χ0v) is 12.3. The van der Waals surface area contributed by atoms with Gasteiger partial charge in [-0.2, -0.15) is 0 Å². The van der Waals surface area contributed by atoms with E-state index in [2.05, 4.69) is 41.4 Å². The van der Waals surface area contributed by atoms with Gasteiger partial charge in [0.25, 0.3) is 0 Å². The maximum atomic E-state index is 5.07. The molecular formula is C20H16N2. The van der Waals surface area contributed by atoms with Crippen molar-refractivity contribution in [2.24, 2.45) is 0 Å². The molecule has 1 aromatic carbocycles. The van der Waals surface area contributed by atoms with Gasteiger partial charge in [0.05, 0.1) is 17.1 Å². The number of nitrogens with zero attached hydrogens (tertiary/aromatic N) is 2. The fourth-order valence-electron chi connectivity index (χ4n) is 3.78. The summed E-state index contributed by atoms with van der Waals surface area (Å²) >= 11 is 0. The zero-order valence-electron chi connectivity index (χ0n) is 12.3. The van der Waals surface area contributed by atoms with Crippen LogP contribution in [-0.2, 0) is 25.7 Å². The van der Waals surface area contributed by atoms with Crippen LogP contribution in [0.2, 0.25) is 0 Å². The lowest BCUT2D eigenvalue weighted by molar-refractivity contribution is 0.881. The molecule has 3 aromatic rings. The van der Waals surface area contributed by atoms with Gasteiger partial charge in [0.2, 0.25) is 0 Å². The normalized spacial score (nSPS) is 14.5. The van der Waals surface area contributed by atoms with Gasteiger partial charge in [-0.15, -0.1) is 0 Å². The minimum absolute atomic E-state index is 1.08. The van der Waals surface area contributed by atoms with Crippen molar-refractivity contribution in [1.29, 1.82) is 0 Å². The number of pyridine rings is 2. The Morgan fingerprint density at radius 2 is 1.36 bits per heavy atom. The minimum Gasteiger partial charge on any atom is -0.254 e. The molecule has 2 aromatic heterocycles. The molecule has 2 aliphatic rings. The van der Waals surface area contributed by atoms with E-state index in [1.165, 1.54) is 33.5 Å². The van der Waals surface area contributed by atoms with Gasteiger partial charge in [-0.25, -0.2) is 4.98 Å². The Labute approximate surface area is 129 Å². The summed E-state index contributed by atoms with van der Waals surface area (Å²) in [4.78, 5) is 9.68. The minimum atomic E-state index is 1.08. The molecule has 0 aliphatic heterocycles. The maximum absolute atomic E-state index is 5.07. The monoisotopic (exact) mass is 284 g/mol. The predicted octanol–water partition coefficient (Wildman–Crippen LogP) is 4.01. The van der Waals surface area contributed by atoms with E-state index in [0.717, 1.165) is 37.1 Å². The molecular weight excluding hydrogens is 268 g/mol. The summed E-state index contributed by atoms with van der Waals surface area (Å²) in [6.45, 7) is 0. The lowest BCUT2D eigenvalue weighted by atomic mass is 9.85. The predicted molar refractivity (Wildman–Crippen MR) is 87.7 cm³/mol. The van der Waals surface area contributed by atoms with E-state index < -0.39 is 0 Å². The van der Waals surface area contributed by atoms with Crippen LogP contribution >= 0.6 is 0 Å². The summed E-state index contributed by atoms with van der Waals surface area (Å²) in [6, 6.07) is 15.3. The maximum Gasteiger partial charge on any atom is 0.0928 e. The first-order valence-electron chi connectivity index (χ1n) is 7.95.